The van der Waals surface area contributed by atoms with Gasteiger partial charge in [0.1, 0.15) is 11.2 Å². The first kappa shape index (κ1) is 19.9. The molecule has 0 aromatic heterocycles. The van der Waals surface area contributed by atoms with Gasteiger partial charge in [-0.1, -0.05) is 13.8 Å². The Morgan fingerprint density at radius 1 is 0.759 bits per heavy atom. The fourth-order valence-corrected chi connectivity index (χ4v) is 8.45. The summed E-state index contributed by atoms with van der Waals surface area (Å²) in [4.78, 5) is 26.8. The normalized spacial score (nSPS) is 50.0. The Kier molecular flexibility index (Phi) is 4.43. The second-order valence-electron chi connectivity index (χ2n) is 12.4. The van der Waals surface area contributed by atoms with Gasteiger partial charge >= 0.3 is 11.9 Å². The summed E-state index contributed by atoms with van der Waals surface area (Å²) in [5.74, 6) is 2.76. The van der Waals surface area contributed by atoms with E-state index < -0.39 is 5.60 Å². The predicted molar refractivity (Wildman–Crippen MR) is 110 cm³/mol. The van der Waals surface area contributed by atoms with Crippen LogP contribution in [0.15, 0.2) is 0 Å². The molecule has 6 aliphatic rings. The first-order valence-electron chi connectivity index (χ1n) is 12.0. The van der Waals surface area contributed by atoms with E-state index in [0.29, 0.717) is 11.8 Å². The molecule has 0 aromatic rings. The van der Waals surface area contributed by atoms with Crippen molar-refractivity contribution in [2.75, 3.05) is 0 Å². The molecule has 0 spiro atoms. The molecule has 29 heavy (non-hydrogen) atoms. The minimum atomic E-state index is -0.526. The Morgan fingerprint density at radius 2 is 1.21 bits per heavy atom. The molecule has 0 radical (unpaired) electrons. The van der Waals surface area contributed by atoms with Crippen molar-refractivity contribution in [3.05, 3.63) is 0 Å². The van der Waals surface area contributed by atoms with Gasteiger partial charge in [-0.2, -0.15) is 0 Å². The van der Waals surface area contributed by atoms with Crippen LogP contribution in [0.1, 0.15) is 79.6 Å². The number of hydrogen-bond acceptors (Lipinski definition) is 4. The van der Waals surface area contributed by atoms with E-state index in [0.717, 1.165) is 43.4 Å². The Hall–Kier alpha value is -1.06. The highest BCUT2D eigenvalue weighted by molar-refractivity contribution is 5.84. The van der Waals surface area contributed by atoms with Gasteiger partial charge in [0, 0.05) is 0 Å². The monoisotopic (exact) mass is 402 g/mol. The Labute approximate surface area is 175 Å². The van der Waals surface area contributed by atoms with Gasteiger partial charge in [-0.25, -0.2) is 0 Å². The van der Waals surface area contributed by atoms with Crippen molar-refractivity contribution in [3.8, 4) is 0 Å². The van der Waals surface area contributed by atoms with Gasteiger partial charge in [-0.15, -0.1) is 0 Å². The van der Waals surface area contributed by atoms with Gasteiger partial charge in [-0.05, 0) is 107 Å². The van der Waals surface area contributed by atoms with E-state index >= 15 is 0 Å². The molecular weight excluding hydrogens is 364 g/mol. The molecule has 6 rings (SSSR count). The molecule has 4 heteroatoms. The van der Waals surface area contributed by atoms with E-state index in [4.69, 9.17) is 9.47 Å². The van der Waals surface area contributed by atoms with Gasteiger partial charge in [0.2, 0.25) is 0 Å². The molecule has 0 saturated heterocycles. The lowest BCUT2D eigenvalue weighted by Crippen LogP contribution is -2.54. The molecule has 0 N–H and O–H groups in total. The molecular formula is C25H38O4. The third-order valence-corrected chi connectivity index (χ3v) is 9.28. The number of rotatable bonds is 3. The van der Waals surface area contributed by atoms with Gasteiger partial charge in [0.05, 0.1) is 11.8 Å². The average Bonchev–Trinajstić information content (AvgIpc) is 3.09. The van der Waals surface area contributed by atoms with Crippen molar-refractivity contribution in [1.82, 2.24) is 0 Å². The Balaban J connectivity index is 1.38. The van der Waals surface area contributed by atoms with E-state index in [9.17, 15) is 9.59 Å². The van der Waals surface area contributed by atoms with Crippen molar-refractivity contribution in [1.29, 1.82) is 0 Å². The molecule has 6 saturated carbocycles. The van der Waals surface area contributed by atoms with Gasteiger partial charge < -0.3 is 9.47 Å². The van der Waals surface area contributed by atoms with Crippen molar-refractivity contribution in [2.45, 2.75) is 90.8 Å². The summed E-state index contributed by atoms with van der Waals surface area (Å²) in [6.07, 6.45) is 8.12. The summed E-state index contributed by atoms with van der Waals surface area (Å²) in [6, 6.07) is 0. The van der Waals surface area contributed by atoms with Crippen molar-refractivity contribution in [2.24, 2.45) is 53.3 Å². The summed E-state index contributed by atoms with van der Waals surface area (Å²) in [5.41, 5.74) is -0.761. The van der Waals surface area contributed by atoms with Crippen molar-refractivity contribution in [3.63, 3.8) is 0 Å². The van der Waals surface area contributed by atoms with Crippen LogP contribution in [0.3, 0.4) is 0 Å². The lowest BCUT2D eigenvalue weighted by molar-refractivity contribution is -0.199. The third kappa shape index (κ3) is 3.24. The molecule has 0 heterocycles. The summed E-state index contributed by atoms with van der Waals surface area (Å²) >= 11 is 0. The highest BCUT2D eigenvalue weighted by Crippen LogP contribution is 2.61. The van der Waals surface area contributed by atoms with Crippen LogP contribution in [0.4, 0.5) is 0 Å². The Bertz CT molecular complexity index is 669. The van der Waals surface area contributed by atoms with Gasteiger partial charge in [0.25, 0.3) is 0 Å². The summed E-state index contributed by atoms with van der Waals surface area (Å²) in [7, 11) is 0. The number of carbonyl (C=O) groups is 2. The topological polar surface area (TPSA) is 52.6 Å². The highest BCUT2D eigenvalue weighted by Gasteiger charge is 2.62. The van der Waals surface area contributed by atoms with Crippen LogP contribution < -0.4 is 0 Å². The van der Waals surface area contributed by atoms with Crippen molar-refractivity contribution >= 4 is 11.9 Å². The number of ether oxygens (including phenoxy) is 2. The van der Waals surface area contributed by atoms with Crippen LogP contribution in [0.5, 0.6) is 0 Å². The fourth-order valence-electron chi connectivity index (χ4n) is 8.45. The van der Waals surface area contributed by atoms with E-state index in [1.165, 1.54) is 19.3 Å². The molecule has 6 atom stereocenters. The smallest absolute Gasteiger partial charge is 0.310 e. The van der Waals surface area contributed by atoms with E-state index in [1.54, 1.807) is 0 Å². The summed E-state index contributed by atoms with van der Waals surface area (Å²) < 4.78 is 12.2. The molecule has 6 bridgehead atoms. The zero-order valence-corrected chi connectivity index (χ0v) is 18.8. The average molecular weight is 403 g/mol. The van der Waals surface area contributed by atoms with E-state index in [-0.39, 0.29) is 41.2 Å². The maximum atomic E-state index is 13.6. The molecule has 6 unspecified atom stereocenters. The molecule has 0 aliphatic heterocycles. The second-order valence-corrected chi connectivity index (χ2v) is 12.4. The molecule has 4 nitrogen and oxygen atoms in total. The predicted octanol–water partition coefficient (Wildman–Crippen LogP) is 4.99. The van der Waals surface area contributed by atoms with Gasteiger partial charge in [0.15, 0.2) is 0 Å². The lowest BCUT2D eigenvalue weighted by Gasteiger charge is -2.56. The highest BCUT2D eigenvalue weighted by atomic mass is 16.6. The Morgan fingerprint density at radius 3 is 1.66 bits per heavy atom. The maximum absolute atomic E-state index is 13.6. The second kappa shape index (κ2) is 6.47. The molecule has 6 aliphatic carbocycles. The van der Waals surface area contributed by atoms with Crippen LogP contribution in [-0.2, 0) is 19.1 Å². The standard InChI is InChI=1S/C25H38O4/c1-13-14(2)19-9-18(13)20(22(26)28-24(3,4)5)21(19)23(27)29-25-10-15-6-16(11-25)8-17(7-15)12-25/h13-21H,6-12H2,1-5H3. The summed E-state index contributed by atoms with van der Waals surface area (Å²) in [6.45, 7) is 10.2. The summed E-state index contributed by atoms with van der Waals surface area (Å²) in [5, 5.41) is 0. The number of esters is 2. The van der Waals surface area contributed by atoms with Crippen LogP contribution in [0.2, 0.25) is 0 Å². The maximum Gasteiger partial charge on any atom is 0.310 e. The molecule has 6 fully saturated rings. The van der Waals surface area contributed by atoms with E-state index in [1.807, 2.05) is 20.8 Å². The fraction of sp³-hybridized carbons (Fsp3) is 0.920. The minimum Gasteiger partial charge on any atom is -0.460 e. The number of hydrogen-bond donors (Lipinski definition) is 0. The van der Waals surface area contributed by atoms with Gasteiger partial charge in [-0.3, -0.25) is 9.59 Å². The lowest BCUT2D eigenvalue weighted by atomic mass is 9.54. The largest absolute Gasteiger partial charge is 0.460 e. The minimum absolute atomic E-state index is 0.0888. The van der Waals surface area contributed by atoms with Crippen LogP contribution in [-0.4, -0.2) is 23.1 Å². The quantitative estimate of drug-likeness (QED) is 0.624. The number of carbonyl (C=O) groups excluding carboxylic acids is 2. The molecule has 0 amide bonds. The van der Waals surface area contributed by atoms with Crippen LogP contribution >= 0.6 is 0 Å². The van der Waals surface area contributed by atoms with Crippen LogP contribution in [0, 0.1) is 53.3 Å². The zero-order chi connectivity index (χ0) is 20.7. The first-order valence-corrected chi connectivity index (χ1v) is 12.0. The first-order chi connectivity index (χ1) is 13.6. The van der Waals surface area contributed by atoms with Crippen LogP contribution in [0.25, 0.3) is 0 Å². The number of fused-ring (bicyclic) bond motifs is 2. The third-order valence-electron chi connectivity index (χ3n) is 9.28. The molecule has 0 aromatic carbocycles. The SMILES string of the molecule is CC1C(C)C2CC1C(C(=O)OC(C)(C)C)C2C(=O)OC12CC3CC(CC(C3)C1)C2. The van der Waals surface area contributed by atoms with E-state index in [2.05, 4.69) is 13.8 Å². The van der Waals surface area contributed by atoms with Crippen molar-refractivity contribution < 1.29 is 19.1 Å². The zero-order valence-electron chi connectivity index (χ0n) is 18.8. The molecule has 162 valence electrons.